The van der Waals surface area contributed by atoms with Crippen molar-refractivity contribution in [2.75, 3.05) is 14.1 Å². The first-order valence-electron chi connectivity index (χ1n) is 5.55. The van der Waals surface area contributed by atoms with Gasteiger partial charge in [-0.25, -0.2) is 0 Å². The van der Waals surface area contributed by atoms with E-state index in [1.807, 2.05) is 18.2 Å². The van der Waals surface area contributed by atoms with Crippen molar-refractivity contribution in [1.29, 1.82) is 0 Å². The minimum atomic E-state index is -0.549. The van der Waals surface area contributed by atoms with Crippen LogP contribution in [0.15, 0.2) is 24.3 Å². The maximum Gasteiger partial charge on any atom is 0.244 e. The van der Waals surface area contributed by atoms with Crippen molar-refractivity contribution in [1.82, 2.24) is 4.90 Å². The van der Waals surface area contributed by atoms with Gasteiger partial charge in [-0.05, 0) is 29.9 Å². The quantitative estimate of drug-likeness (QED) is 0.741. The lowest BCUT2D eigenvalue weighted by Crippen LogP contribution is -2.26. The Labute approximate surface area is 101 Å². The predicted octanol–water partition coefficient (Wildman–Crippen LogP) is 2.93. The van der Waals surface area contributed by atoms with E-state index in [1.165, 1.54) is 18.4 Å². The first-order chi connectivity index (χ1) is 7.61. The van der Waals surface area contributed by atoms with Crippen LogP contribution >= 0.6 is 11.6 Å². The standard InChI is InChI=1S/C13H16ClNO/c1-15(2)13(16)12(14)11-6-4-3-5-10(11)9-7-8-9/h3-6,9,12H,7-8H2,1-2H3. The summed E-state index contributed by atoms with van der Waals surface area (Å²) in [5, 5.41) is -0.549. The van der Waals surface area contributed by atoms with Crippen LogP contribution in [0.3, 0.4) is 0 Å². The van der Waals surface area contributed by atoms with Crippen LogP contribution in [0.5, 0.6) is 0 Å². The van der Waals surface area contributed by atoms with Crippen molar-refractivity contribution in [2.45, 2.75) is 24.1 Å². The number of carbonyl (C=O) groups excluding carboxylic acids is 1. The second-order valence-electron chi connectivity index (χ2n) is 4.50. The first kappa shape index (κ1) is 11.5. The zero-order valence-electron chi connectivity index (χ0n) is 9.61. The van der Waals surface area contributed by atoms with Crippen LogP contribution in [0.2, 0.25) is 0 Å². The summed E-state index contributed by atoms with van der Waals surface area (Å²) in [6.45, 7) is 0. The molecule has 1 aliphatic carbocycles. The predicted molar refractivity (Wildman–Crippen MR) is 65.7 cm³/mol. The summed E-state index contributed by atoms with van der Waals surface area (Å²) >= 11 is 6.24. The van der Waals surface area contributed by atoms with Crippen molar-refractivity contribution in [3.8, 4) is 0 Å². The van der Waals surface area contributed by atoms with Gasteiger partial charge in [0.15, 0.2) is 0 Å². The number of nitrogens with zero attached hydrogens (tertiary/aromatic N) is 1. The van der Waals surface area contributed by atoms with Gasteiger partial charge in [0.05, 0.1) is 0 Å². The summed E-state index contributed by atoms with van der Waals surface area (Å²) < 4.78 is 0. The molecule has 1 aromatic carbocycles. The van der Waals surface area contributed by atoms with Gasteiger partial charge in [0.25, 0.3) is 0 Å². The van der Waals surface area contributed by atoms with Gasteiger partial charge < -0.3 is 4.90 Å². The normalized spacial score (nSPS) is 16.9. The maximum atomic E-state index is 11.8. The fourth-order valence-electron chi connectivity index (χ4n) is 1.87. The molecule has 2 rings (SSSR count). The Bertz CT molecular complexity index is 399. The summed E-state index contributed by atoms with van der Waals surface area (Å²) in [6, 6.07) is 8.01. The fourth-order valence-corrected chi connectivity index (χ4v) is 2.26. The van der Waals surface area contributed by atoms with E-state index in [-0.39, 0.29) is 5.91 Å². The molecule has 1 saturated carbocycles. The van der Waals surface area contributed by atoms with Gasteiger partial charge in [0, 0.05) is 14.1 Å². The van der Waals surface area contributed by atoms with Crippen LogP contribution < -0.4 is 0 Å². The van der Waals surface area contributed by atoms with E-state index in [1.54, 1.807) is 19.0 Å². The van der Waals surface area contributed by atoms with Crippen LogP contribution in [0, 0.1) is 0 Å². The summed E-state index contributed by atoms with van der Waals surface area (Å²) in [4.78, 5) is 13.4. The molecule has 0 aliphatic heterocycles. The molecule has 0 radical (unpaired) electrons. The van der Waals surface area contributed by atoms with Gasteiger partial charge in [0.1, 0.15) is 5.38 Å². The zero-order valence-corrected chi connectivity index (χ0v) is 10.4. The maximum absolute atomic E-state index is 11.8. The molecule has 16 heavy (non-hydrogen) atoms. The fraction of sp³-hybridized carbons (Fsp3) is 0.462. The first-order valence-corrected chi connectivity index (χ1v) is 5.99. The number of rotatable bonds is 3. The number of halogens is 1. The molecule has 0 spiro atoms. The minimum absolute atomic E-state index is 0.0465. The molecule has 0 heterocycles. The second-order valence-corrected chi connectivity index (χ2v) is 4.93. The molecular weight excluding hydrogens is 222 g/mol. The third kappa shape index (κ3) is 2.22. The van der Waals surface area contributed by atoms with Gasteiger partial charge in [-0.15, -0.1) is 11.6 Å². The van der Waals surface area contributed by atoms with Crippen molar-refractivity contribution < 1.29 is 4.79 Å². The Morgan fingerprint density at radius 3 is 2.56 bits per heavy atom. The number of benzene rings is 1. The van der Waals surface area contributed by atoms with Crippen LogP contribution in [0.1, 0.15) is 35.3 Å². The molecule has 1 atom stereocenters. The molecule has 1 amide bonds. The third-order valence-electron chi connectivity index (χ3n) is 2.94. The van der Waals surface area contributed by atoms with Gasteiger partial charge in [0.2, 0.25) is 5.91 Å². The average Bonchev–Trinajstić information content (AvgIpc) is 3.11. The number of hydrogen-bond donors (Lipinski definition) is 0. The molecule has 1 unspecified atom stereocenters. The van der Waals surface area contributed by atoms with Gasteiger partial charge in [-0.1, -0.05) is 24.3 Å². The highest BCUT2D eigenvalue weighted by atomic mass is 35.5. The monoisotopic (exact) mass is 237 g/mol. The third-order valence-corrected chi connectivity index (χ3v) is 3.37. The molecule has 1 fully saturated rings. The molecule has 0 bridgehead atoms. The van der Waals surface area contributed by atoms with Crippen LogP contribution in [0.4, 0.5) is 0 Å². The van der Waals surface area contributed by atoms with Crippen molar-refractivity contribution in [2.24, 2.45) is 0 Å². The zero-order chi connectivity index (χ0) is 11.7. The highest BCUT2D eigenvalue weighted by molar-refractivity contribution is 6.30. The number of hydrogen-bond acceptors (Lipinski definition) is 1. The van der Waals surface area contributed by atoms with Gasteiger partial charge in [-0.2, -0.15) is 0 Å². The van der Waals surface area contributed by atoms with Crippen LogP contribution in [0.25, 0.3) is 0 Å². The molecule has 1 aliphatic rings. The number of likely N-dealkylation sites (N-methyl/N-ethyl adjacent to an activating group) is 1. The summed E-state index contributed by atoms with van der Waals surface area (Å²) in [6.07, 6.45) is 2.44. The number of carbonyl (C=O) groups is 1. The van der Waals surface area contributed by atoms with E-state index in [9.17, 15) is 4.79 Å². The van der Waals surface area contributed by atoms with E-state index in [0.717, 1.165) is 5.56 Å². The Hall–Kier alpha value is -1.02. The van der Waals surface area contributed by atoms with E-state index >= 15 is 0 Å². The minimum Gasteiger partial charge on any atom is -0.347 e. The molecular formula is C13H16ClNO. The summed E-state index contributed by atoms with van der Waals surface area (Å²) in [5.74, 6) is 0.571. The van der Waals surface area contributed by atoms with Gasteiger partial charge in [-0.3, -0.25) is 4.79 Å². The molecule has 0 aromatic heterocycles. The largest absolute Gasteiger partial charge is 0.347 e. The van der Waals surface area contributed by atoms with E-state index < -0.39 is 5.38 Å². The highest BCUT2D eigenvalue weighted by Crippen LogP contribution is 2.44. The summed E-state index contributed by atoms with van der Waals surface area (Å²) in [5.41, 5.74) is 2.23. The lowest BCUT2D eigenvalue weighted by Gasteiger charge is -2.18. The molecule has 0 saturated heterocycles. The van der Waals surface area contributed by atoms with Crippen molar-refractivity contribution in [3.05, 3.63) is 35.4 Å². The van der Waals surface area contributed by atoms with Crippen LogP contribution in [-0.2, 0) is 4.79 Å². The Kier molecular flexibility index (Phi) is 3.20. The second kappa shape index (κ2) is 4.46. The molecule has 2 nitrogen and oxygen atoms in total. The average molecular weight is 238 g/mol. The SMILES string of the molecule is CN(C)C(=O)C(Cl)c1ccccc1C1CC1. The molecule has 86 valence electrons. The number of alkyl halides is 1. The van der Waals surface area contributed by atoms with Gasteiger partial charge >= 0.3 is 0 Å². The lowest BCUT2D eigenvalue weighted by atomic mass is 10.00. The lowest BCUT2D eigenvalue weighted by molar-refractivity contribution is -0.128. The molecule has 3 heteroatoms. The Morgan fingerprint density at radius 1 is 1.38 bits per heavy atom. The van der Waals surface area contributed by atoms with E-state index in [0.29, 0.717) is 5.92 Å². The van der Waals surface area contributed by atoms with Crippen LogP contribution in [-0.4, -0.2) is 24.9 Å². The topological polar surface area (TPSA) is 20.3 Å². The van der Waals surface area contributed by atoms with Crippen molar-refractivity contribution in [3.63, 3.8) is 0 Å². The number of amides is 1. The van der Waals surface area contributed by atoms with E-state index in [2.05, 4.69) is 6.07 Å². The Balaban J connectivity index is 2.28. The Morgan fingerprint density at radius 2 is 2.00 bits per heavy atom. The smallest absolute Gasteiger partial charge is 0.244 e. The molecule has 1 aromatic rings. The highest BCUT2D eigenvalue weighted by Gasteiger charge is 2.30. The van der Waals surface area contributed by atoms with Crippen molar-refractivity contribution >= 4 is 17.5 Å². The van der Waals surface area contributed by atoms with E-state index in [4.69, 9.17) is 11.6 Å². The summed E-state index contributed by atoms with van der Waals surface area (Å²) in [7, 11) is 3.47. The molecule has 0 N–H and O–H groups in total.